The van der Waals surface area contributed by atoms with Gasteiger partial charge in [-0.05, 0) is 19.8 Å². The highest BCUT2D eigenvalue weighted by Gasteiger charge is 1.94. The Labute approximate surface area is 89.9 Å². The molecule has 0 fully saturated rings. The molecule has 0 saturated carbocycles. The van der Waals surface area contributed by atoms with Crippen LogP contribution in [-0.4, -0.2) is 13.2 Å². The van der Waals surface area contributed by atoms with E-state index in [0.717, 1.165) is 5.92 Å². The van der Waals surface area contributed by atoms with E-state index in [1.165, 1.54) is 25.7 Å². The molecule has 2 heteroatoms. The van der Waals surface area contributed by atoms with Gasteiger partial charge in [-0.15, -0.1) is 0 Å². The van der Waals surface area contributed by atoms with Gasteiger partial charge in [0.25, 0.3) is 0 Å². The van der Waals surface area contributed by atoms with Crippen LogP contribution in [0.3, 0.4) is 0 Å². The van der Waals surface area contributed by atoms with E-state index < -0.39 is 0 Å². The van der Waals surface area contributed by atoms with Gasteiger partial charge in [-0.25, -0.2) is 9.78 Å². The first-order valence-electron chi connectivity index (χ1n) is 5.97. The highest BCUT2D eigenvalue weighted by molar-refractivity contribution is 4.47. The second-order valence-electron chi connectivity index (χ2n) is 3.47. The zero-order valence-electron chi connectivity index (χ0n) is 10.6. The van der Waals surface area contributed by atoms with Gasteiger partial charge < -0.3 is 0 Å². The fourth-order valence-electron chi connectivity index (χ4n) is 0.923. The summed E-state index contributed by atoms with van der Waals surface area (Å²) < 4.78 is 0. The number of hydrogen-bond acceptors (Lipinski definition) is 2. The lowest BCUT2D eigenvalue weighted by Crippen LogP contribution is -1.90. The molecule has 2 nitrogen and oxygen atoms in total. The van der Waals surface area contributed by atoms with Crippen LogP contribution < -0.4 is 0 Å². The molecule has 0 amide bonds. The van der Waals surface area contributed by atoms with Gasteiger partial charge in [0, 0.05) is 0 Å². The zero-order valence-corrected chi connectivity index (χ0v) is 10.6. The average molecular weight is 204 g/mol. The van der Waals surface area contributed by atoms with Gasteiger partial charge in [0.2, 0.25) is 0 Å². The maximum atomic E-state index is 4.48. The first-order valence-corrected chi connectivity index (χ1v) is 5.97. The molecule has 1 unspecified atom stereocenters. The van der Waals surface area contributed by atoms with E-state index in [0.29, 0.717) is 13.2 Å². The molecule has 0 aromatic rings. The van der Waals surface area contributed by atoms with Crippen molar-refractivity contribution in [1.29, 1.82) is 0 Å². The summed E-state index contributed by atoms with van der Waals surface area (Å²) in [5.74, 6) is 0.954. The van der Waals surface area contributed by atoms with Crippen molar-refractivity contribution in [3.8, 4) is 0 Å². The van der Waals surface area contributed by atoms with Crippen LogP contribution in [0.2, 0.25) is 0 Å². The first kappa shape index (κ1) is 16.4. The smallest absolute Gasteiger partial charge is 0.0794 e. The molecular weight excluding hydrogens is 176 g/mol. The maximum absolute atomic E-state index is 4.48. The van der Waals surface area contributed by atoms with E-state index in [1.54, 1.807) is 0 Å². The van der Waals surface area contributed by atoms with Gasteiger partial charge in [-0.2, -0.15) is 0 Å². The minimum absolute atomic E-state index is 0.633. The van der Waals surface area contributed by atoms with Crippen molar-refractivity contribution in [2.75, 3.05) is 13.2 Å². The third-order valence-corrected chi connectivity index (χ3v) is 2.07. The predicted octanol–water partition coefficient (Wildman–Crippen LogP) is 4.20. The maximum Gasteiger partial charge on any atom is 0.0794 e. The molecular formula is C12H28O2. The summed E-state index contributed by atoms with van der Waals surface area (Å²) in [6, 6.07) is 0. The molecule has 0 rings (SSSR count). The SMILES string of the molecule is CCCCC(C)CC.CCOOCC. The van der Waals surface area contributed by atoms with Crippen LogP contribution in [0.15, 0.2) is 0 Å². The second-order valence-corrected chi connectivity index (χ2v) is 3.47. The van der Waals surface area contributed by atoms with E-state index in [2.05, 4.69) is 30.5 Å². The quantitative estimate of drug-likeness (QED) is 0.351. The predicted molar refractivity (Wildman–Crippen MR) is 62.2 cm³/mol. The van der Waals surface area contributed by atoms with Crippen molar-refractivity contribution in [2.24, 2.45) is 5.92 Å². The molecule has 0 aromatic carbocycles. The molecule has 0 aliphatic heterocycles. The fraction of sp³-hybridized carbons (Fsp3) is 1.00. The lowest BCUT2D eigenvalue weighted by atomic mass is 10.0. The number of rotatable bonds is 7. The normalized spacial score (nSPS) is 11.8. The van der Waals surface area contributed by atoms with Gasteiger partial charge in [-0.1, -0.05) is 46.5 Å². The second kappa shape index (κ2) is 15.4. The Morgan fingerprint density at radius 2 is 1.43 bits per heavy atom. The highest BCUT2D eigenvalue weighted by atomic mass is 17.2. The van der Waals surface area contributed by atoms with E-state index in [4.69, 9.17) is 0 Å². The van der Waals surface area contributed by atoms with Crippen LogP contribution in [0, 0.1) is 5.92 Å². The minimum atomic E-state index is 0.633. The van der Waals surface area contributed by atoms with E-state index in [9.17, 15) is 0 Å². The molecule has 0 spiro atoms. The Balaban J connectivity index is 0. The molecule has 0 aromatic heterocycles. The molecule has 0 N–H and O–H groups in total. The summed E-state index contributed by atoms with van der Waals surface area (Å²) >= 11 is 0. The molecule has 0 bridgehead atoms. The summed E-state index contributed by atoms with van der Waals surface area (Å²) in [6.45, 7) is 11.9. The van der Waals surface area contributed by atoms with Gasteiger partial charge in [0.1, 0.15) is 0 Å². The van der Waals surface area contributed by atoms with Crippen molar-refractivity contribution in [3.63, 3.8) is 0 Å². The Bertz CT molecular complexity index is 80.4. The molecule has 0 heterocycles. The minimum Gasteiger partial charge on any atom is -0.237 e. The summed E-state index contributed by atoms with van der Waals surface area (Å²) in [6.07, 6.45) is 5.53. The number of unbranched alkanes of at least 4 members (excludes halogenated alkanes) is 1. The Hall–Kier alpha value is -0.0800. The summed E-state index contributed by atoms with van der Waals surface area (Å²) in [4.78, 5) is 8.97. The van der Waals surface area contributed by atoms with E-state index >= 15 is 0 Å². The zero-order chi connectivity index (χ0) is 11.2. The third-order valence-electron chi connectivity index (χ3n) is 2.07. The van der Waals surface area contributed by atoms with Gasteiger partial charge >= 0.3 is 0 Å². The van der Waals surface area contributed by atoms with Gasteiger partial charge in [0.15, 0.2) is 0 Å². The van der Waals surface area contributed by atoms with Crippen molar-refractivity contribution in [2.45, 2.75) is 60.3 Å². The summed E-state index contributed by atoms with van der Waals surface area (Å²) in [5.41, 5.74) is 0. The molecule has 88 valence electrons. The standard InChI is InChI=1S/C8H18.C4H10O2/c1-4-6-7-8(3)5-2;1-3-5-6-4-2/h8H,4-7H2,1-3H3;3-4H2,1-2H3. The molecule has 1 atom stereocenters. The third kappa shape index (κ3) is 17.9. The van der Waals surface area contributed by atoms with Crippen molar-refractivity contribution >= 4 is 0 Å². The lowest BCUT2D eigenvalue weighted by Gasteiger charge is -2.04. The number of hydrogen-bond donors (Lipinski definition) is 0. The molecule has 0 saturated heterocycles. The molecule has 0 radical (unpaired) electrons. The van der Waals surface area contributed by atoms with Crippen LogP contribution in [0.25, 0.3) is 0 Å². The van der Waals surface area contributed by atoms with Crippen LogP contribution >= 0.6 is 0 Å². The first-order chi connectivity index (χ1) is 6.72. The Morgan fingerprint density at radius 1 is 0.929 bits per heavy atom. The molecule has 0 aliphatic rings. The van der Waals surface area contributed by atoms with Crippen LogP contribution in [0.4, 0.5) is 0 Å². The van der Waals surface area contributed by atoms with Gasteiger partial charge in [-0.3, -0.25) is 0 Å². The summed E-state index contributed by atoms with van der Waals surface area (Å²) in [7, 11) is 0. The van der Waals surface area contributed by atoms with E-state index in [1.807, 2.05) is 13.8 Å². The van der Waals surface area contributed by atoms with Crippen molar-refractivity contribution in [1.82, 2.24) is 0 Å². The lowest BCUT2D eigenvalue weighted by molar-refractivity contribution is -0.287. The highest BCUT2D eigenvalue weighted by Crippen LogP contribution is 2.09. The van der Waals surface area contributed by atoms with Crippen LogP contribution in [0.5, 0.6) is 0 Å². The largest absolute Gasteiger partial charge is 0.237 e. The average Bonchev–Trinajstić information content (AvgIpc) is 2.23. The van der Waals surface area contributed by atoms with Gasteiger partial charge in [0.05, 0.1) is 13.2 Å². The molecule has 14 heavy (non-hydrogen) atoms. The summed E-state index contributed by atoms with van der Waals surface area (Å²) in [5, 5.41) is 0. The topological polar surface area (TPSA) is 18.5 Å². The Morgan fingerprint density at radius 3 is 1.71 bits per heavy atom. The monoisotopic (exact) mass is 204 g/mol. The van der Waals surface area contributed by atoms with Crippen LogP contribution in [0.1, 0.15) is 60.3 Å². The Kier molecular flexibility index (Phi) is 18.0. The van der Waals surface area contributed by atoms with Crippen molar-refractivity contribution < 1.29 is 9.78 Å². The molecule has 0 aliphatic carbocycles. The fourth-order valence-corrected chi connectivity index (χ4v) is 0.923. The van der Waals surface area contributed by atoms with Crippen molar-refractivity contribution in [3.05, 3.63) is 0 Å². The van der Waals surface area contributed by atoms with E-state index in [-0.39, 0.29) is 0 Å². The van der Waals surface area contributed by atoms with Crippen LogP contribution in [-0.2, 0) is 9.78 Å².